The molecule has 21 heavy (non-hydrogen) atoms. The summed E-state index contributed by atoms with van der Waals surface area (Å²) in [5.74, 6) is 0.376. The van der Waals surface area contributed by atoms with Gasteiger partial charge in [-0.2, -0.15) is 0 Å². The van der Waals surface area contributed by atoms with Crippen LogP contribution in [-0.4, -0.2) is 41.7 Å². The van der Waals surface area contributed by atoms with Crippen molar-refractivity contribution < 1.29 is 9.90 Å². The lowest BCUT2D eigenvalue weighted by molar-refractivity contribution is -0.123. The fourth-order valence-corrected chi connectivity index (χ4v) is 2.66. The van der Waals surface area contributed by atoms with Gasteiger partial charge in [0.25, 0.3) is 0 Å². The highest BCUT2D eigenvalue weighted by Gasteiger charge is 2.30. The predicted molar refractivity (Wildman–Crippen MR) is 83.8 cm³/mol. The number of nitrogens with zero attached hydrogens (tertiary/aromatic N) is 1. The van der Waals surface area contributed by atoms with E-state index in [0.29, 0.717) is 25.0 Å². The van der Waals surface area contributed by atoms with Crippen LogP contribution in [0.1, 0.15) is 38.3 Å². The Labute approximate surface area is 127 Å². The Kier molecular flexibility index (Phi) is 5.76. The van der Waals surface area contributed by atoms with E-state index >= 15 is 0 Å². The maximum Gasteiger partial charge on any atom is 0.234 e. The SMILES string of the molecule is CC(C)C(NC(=O)CN(CCO)C1CC1)c1ccccc1. The summed E-state index contributed by atoms with van der Waals surface area (Å²) in [6.45, 7) is 5.29. The standard InChI is InChI=1S/C17H26N2O2/c1-13(2)17(14-6-4-3-5-7-14)18-16(21)12-19(10-11-20)15-8-9-15/h3-7,13,15,17,20H,8-12H2,1-2H3,(H,18,21). The van der Waals surface area contributed by atoms with Gasteiger partial charge < -0.3 is 10.4 Å². The van der Waals surface area contributed by atoms with Crippen LogP contribution in [0.25, 0.3) is 0 Å². The van der Waals surface area contributed by atoms with Crippen molar-refractivity contribution in [1.82, 2.24) is 10.2 Å². The fourth-order valence-electron chi connectivity index (χ4n) is 2.66. The lowest BCUT2D eigenvalue weighted by atomic mass is 9.96. The van der Waals surface area contributed by atoms with Crippen LogP contribution in [-0.2, 0) is 4.79 Å². The molecule has 1 saturated carbocycles. The molecule has 4 heteroatoms. The van der Waals surface area contributed by atoms with E-state index < -0.39 is 0 Å². The Morgan fingerprint density at radius 1 is 1.33 bits per heavy atom. The zero-order chi connectivity index (χ0) is 15.2. The van der Waals surface area contributed by atoms with E-state index in [1.807, 2.05) is 18.2 Å². The summed E-state index contributed by atoms with van der Waals surface area (Å²) in [6.07, 6.45) is 2.28. The molecule has 4 nitrogen and oxygen atoms in total. The first kappa shape index (κ1) is 16.0. The van der Waals surface area contributed by atoms with E-state index in [9.17, 15) is 4.79 Å². The van der Waals surface area contributed by atoms with Gasteiger partial charge in [-0.05, 0) is 24.3 Å². The number of hydrogen-bond donors (Lipinski definition) is 2. The summed E-state index contributed by atoms with van der Waals surface area (Å²) in [5.41, 5.74) is 1.14. The molecule has 0 spiro atoms. The fraction of sp³-hybridized carbons (Fsp3) is 0.588. The number of carbonyl (C=O) groups is 1. The minimum absolute atomic E-state index is 0.0360. The molecule has 1 amide bonds. The van der Waals surface area contributed by atoms with Crippen LogP contribution in [0.2, 0.25) is 0 Å². The second-order valence-electron chi connectivity index (χ2n) is 6.13. The van der Waals surface area contributed by atoms with Crippen LogP contribution in [0.15, 0.2) is 30.3 Å². The predicted octanol–water partition coefficient (Wildman–Crippen LogP) is 1.96. The van der Waals surface area contributed by atoms with Gasteiger partial charge in [0.2, 0.25) is 5.91 Å². The summed E-state index contributed by atoms with van der Waals surface area (Å²) in [4.78, 5) is 14.4. The van der Waals surface area contributed by atoms with E-state index in [2.05, 4.69) is 36.2 Å². The van der Waals surface area contributed by atoms with Crippen LogP contribution < -0.4 is 5.32 Å². The van der Waals surface area contributed by atoms with Gasteiger partial charge in [-0.15, -0.1) is 0 Å². The van der Waals surface area contributed by atoms with E-state index in [1.165, 1.54) is 0 Å². The molecule has 0 heterocycles. The third-order valence-corrected chi connectivity index (χ3v) is 3.94. The Morgan fingerprint density at radius 2 is 2.00 bits per heavy atom. The molecule has 1 aliphatic rings. The van der Waals surface area contributed by atoms with Crippen LogP contribution in [0.3, 0.4) is 0 Å². The Hall–Kier alpha value is -1.39. The number of benzene rings is 1. The molecular weight excluding hydrogens is 264 g/mol. The van der Waals surface area contributed by atoms with Crippen molar-refractivity contribution in [3.8, 4) is 0 Å². The summed E-state index contributed by atoms with van der Waals surface area (Å²) in [5, 5.41) is 12.2. The van der Waals surface area contributed by atoms with Crippen molar-refractivity contribution in [2.24, 2.45) is 5.92 Å². The highest BCUT2D eigenvalue weighted by atomic mass is 16.3. The minimum Gasteiger partial charge on any atom is -0.395 e. The van der Waals surface area contributed by atoms with E-state index in [-0.39, 0.29) is 18.6 Å². The Morgan fingerprint density at radius 3 is 2.52 bits per heavy atom. The number of amides is 1. The minimum atomic E-state index is 0.0360. The van der Waals surface area contributed by atoms with E-state index in [4.69, 9.17) is 5.11 Å². The average molecular weight is 290 g/mol. The van der Waals surface area contributed by atoms with Gasteiger partial charge in [-0.3, -0.25) is 9.69 Å². The molecular formula is C17H26N2O2. The second kappa shape index (κ2) is 7.57. The maximum absolute atomic E-state index is 12.3. The molecule has 0 bridgehead atoms. The molecule has 1 aliphatic carbocycles. The summed E-state index contributed by atoms with van der Waals surface area (Å²) < 4.78 is 0. The molecule has 0 aliphatic heterocycles. The second-order valence-corrected chi connectivity index (χ2v) is 6.13. The van der Waals surface area contributed by atoms with Crippen LogP contribution in [0.4, 0.5) is 0 Å². The number of aliphatic hydroxyl groups excluding tert-OH is 1. The Balaban J connectivity index is 1.95. The smallest absolute Gasteiger partial charge is 0.234 e. The van der Waals surface area contributed by atoms with Crippen LogP contribution in [0, 0.1) is 5.92 Å². The zero-order valence-corrected chi connectivity index (χ0v) is 13.0. The maximum atomic E-state index is 12.3. The lowest BCUT2D eigenvalue weighted by Gasteiger charge is -2.26. The molecule has 116 valence electrons. The van der Waals surface area contributed by atoms with Crippen molar-refractivity contribution in [2.45, 2.75) is 38.8 Å². The summed E-state index contributed by atoms with van der Waals surface area (Å²) >= 11 is 0. The van der Waals surface area contributed by atoms with Gasteiger partial charge in [-0.25, -0.2) is 0 Å². The number of hydrogen-bond acceptors (Lipinski definition) is 3. The van der Waals surface area contributed by atoms with Crippen molar-refractivity contribution in [3.05, 3.63) is 35.9 Å². The molecule has 2 rings (SSSR count). The van der Waals surface area contributed by atoms with Gasteiger partial charge in [0.05, 0.1) is 19.2 Å². The highest BCUT2D eigenvalue weighted by molar-refractivity contribution is 5.78. The van der Waals surface area contributed by atoms with Gasteiger partial charge >= 0.3 is 0 Å². The molecule has 2 N–H and O–H groups in total. The Bertz CT molecular complexity index is 443. The zero-order valence-electron chi connectivity index (χ0n) is 13.0. The third-order valence-electron chi connectivity index (χ3n) is 3.94. The van der Waals surface area contributed by atoms with Crippen LogP contribution >= 0.6 is 0 Å². The largest absolute Gasteiger partial charge is 0.395 e. The monoisotopic (exact) mass is 290 g/mol. The highest BCUT2D eigenvalue weighted by Crippen LogP contribution is 2.26. The molecule has 0 aromatic heterocycles. The lowest BCUT2D eigenvalue weighted by Crippen LogP contribution is -2.42. The summed E-state index contributed by atoms with van der Waals surface area (Å²) in [7, 11) is 0. The molecule has 1 unspecified atom stereocenters. The van der Waals surface area contributed by atoms with Crippen LogP contribution in [0.5, 0.6) is 0 Å². The molecule has 1 atom stereocenters. The first-order valence-electron chi connectivity index (χ1n) is 7.81. The molecule has 1 aromatic carbocycles. The van der Waals surface area contributed by atoms with Gasteiger partial charge in [0.1, 0.15) is 0 Å². The molecule has 0 radical (unpaired) electrons. The molecule has 1 fully saturated rings. The third kappa shape index (κ3) is 4.83. The van der Waals surface area contributed by atoms with Gasteiger partial charge in [-0.1, -0.05) is 44.2 Å². The van der Waals surface area contributed by atoms with Gasteiger partial charge in [0.15, 0.2) is 0 Å². The quantitative estimate of drug-likeness (QED) is 0.769. The number of nitrogens with one attached hydrogen (secondary N) is 1. The summed E-state index contributed by atoms with van der Waals surface area (Å²) in [6, 6.07) is 10.6. The van der Waals surface area contributed by atoms with Gasteiger partial charge in [0, 0.05) is 12.6 Å². The normalized spacial score (nSPS) is 16.2. The number of carbonyl (C=O) groups excluding carboxylic acids is 1. The van der Waals surface area contributed by atoms with Crippen molar-refractivity contribution >= 4 is 5.91 Å². The first-order chi connectivity index (χ1) is 10.1. The molecule has 0 saturated heterocycles. The first-order valence-corrected chi connectivity index (χ1v) is 7.81. The van der Waals surface area contributed by atoms with Crippen molar-refractivity contribution in [2.75, 3.05) is 19.7 Å². The van der Waals surface area contributed by atoms with Crippen molar-refractivity contribution in [3.63, 3.8) is 0 Å². The number of rotatable bonds is 8. The van der Waals surface area contributed by atoms with Crippen molar-refractivity contribution in [1.29, 1.82) is 0 Å². The number of aliphatic hydroxyl groups is 1. The van der Waals surface area contributed by atoms with E-state index in [0.717, 1.165) is 18.4 Å². The molecule has 1 aromatic rings. The average Bonchev–Trinajstić information content (AvgIpc) is 3.29. The topological polar surface area (TPSA) is 52.6 Å². The van der Waals surface area contributed by atoms with E-state index in [1.54, 1.807) is 0 Å².